The van der Waals surface area contributed by atoms with E-state index in [2.05, 4.69) is 38.0 Å². The molecular formula is C15H32N2. The van der Waals surface area contributed by atoms with Crippen LogP contribution in [0.15, 0.2) is 0 Å². The molecule has 0 aromatic heterocycles. The molecule has 17 heavy (non-hydrogen) atoms. The molecule has 1 aliphatic carbocycles. The second kappa shape index (κ2) is 8.10. The van der Waals surface area contributed by atoms with Crippen LogP contribution in [0.25, 0.3) is 0 Å². The fourth-order valence-electron chi connectivity index (χ4n) is 2.43. The Balaban J connectivity index is 2.07. The average molecular weight is 240 g/mol. The van der Waals surface area contributed by atoms with Gasteiger partial charge in [0, 0.05) is 18.6 Å². The Morgan fingerprint density at radius 1 is 1.24 bits per heavy atom. The summed E-state index contributed by atoms with van der Waals surface area (Å²) < 4.78 is 0. The maximum atomic E-state index is 3.67. The monoisotopic (exact) mass is 240 g/mol. The zero-order valence-corrected chi connectivity index (χ0v) is 12.3. The van der Waals surface area contributed by atoms with E-state index in [1.807, 2.05) is 0 Å². The molecule has 0 aromatic carbocycles. The molecule has 0 saturated heterocycles. The van der Waals surface area contributed by atoms with Crippen molar-refractivity contribution in [3.63, 3.8) is 0 Å². The van der Waals surface area contributed by atoms with Gasteiger partial charge in [-0.1, -0.05) is 33.1 Å². The van der Waals surface area contributed by atoms with Gasteiger partial charge in [0.15, 0.2) is 0 Å². The van der Waals surface area contributed by atoms with Gasteiger partial charge in [-0.05, 0) is 45.7 Å². The molecule has 2 heteroatoms. The van der Waals surface area contributed by atoms with Gasteiger partial charge in [0.2, 0.25) is 0 Å². The van der Waals surface area contributed by atoms with E-state index in [0.29, 0.717) is 6.04 Å². The van der Waals surface area contributed by atoms with Crippen molar-refractivity contribution < 1.29 is 0 Å². The van der Waals surface area contributed by atoms with Crippen LogP contribution in [0.3, 0.4) is 0 Å². The van der Waals surface area contributed by atoms with Crippen LogP contribution in [-0.2, 0) is 0 Å². The third kappa shape index (κ3) is 5.87. The molecule has 1 saturated carbocycles. The summed E-state index contributed by atoms with van der Waals surface area (Å²) in [5.41, 5.74) is 0. The second-order valence-corrected chi connectivity index (χ2v) is 5.82. The first kappa shape index (κ1) is 15.0. The highest BCUT2D eigenvalue weighted by atomic mass is 15.2. The molecule has 102 valence electrons. The van der Waals surface area contributed by atoms with Gasteiger partial charge in [0.1, 0.15) is 0 Å². The fraction of sp³-hybridized carbons (Fsp3) is 1.00. The largest absolute Gasteiger partial charge is 0.315 e. The Labute approximate surface area is 108 Å². The van der Waals surface area contributed by atoms with Crippen LogP contribution in [0.2, 0.25) is 0 Å². The molecule has 0 aromatic rings. The van der Waals surface area contributed by atoms with E-state index in [1.54, 1.807) is 0 Å². The average Bonchev–Trinajstić information content (AvgIpc) is 3.16. The molecule has 1 rings (SSSR count). The number of rotatable bonds is 10. The highest BCUT2D eigenvalue weighted by Crippen LogP contribution is 2.26. The predicted molar refractivity (Wildman–Crippen MR) is 76.4 cm³/mol. The maximum absolute atomic E-state index is 3.67. The molecule has 0 aliphatic heterocycles. The Hall–Kier alpha value is -0.0800. The van der Waals surface area contributed by atoms with E-state index in [0.717, 1.165) is 18.5 Å². The zero-order chi connectivity index (χ0) is 12.7. The molecule has 1 aliphatic rings. The molecule has 0 heterocycles. The van der Waals surface area contributed by atoms with Crippen LogP contribution < -0.4 is 5.32 Å². The van der Waals surface area contributed by atoms with Gasteiger partial charge in [-0.15, -0.1) is 0 Å². The van der Waals surface area contributed by atoms with Gasteiger partial charge >= 0.3 is 0 Å². The predicted octanol–water partition coefficient (Wildman–Crippen LogP) is 3.28. The van der Waals surface area contributed by atoms with E-state index in [4.69, 9.17) is 0 Å². The van der Waals surface area contributed by atoms with Crippen molar-refractivity contribution in [2.24, 2.45) is 5.92 Å². The van der Waals surface area contributed by atoms with Crippen molar-refractivity contribution in [3.8, 4) is 0 Å². The summed E-state index contributed by atoms with van der Waals surface area (Å²) in [6.07, 6.45) is 8.26. The van der Waals surface area contributed by atoms with Crippen molar-refractivity contribution in [2.75, 3.05) is 20.1 Å². The first-order chi connectivity index (χ1) is 8.19. The van der Waals surface area contributed by atoms with Gasteiger partial charge < -0.3 is 5.32 Å². The summed E-state index contributed by atoms with van der Waals surface area (Å²) >= 11 is 0. The minimum atomic E-state index is 0.686. The Kier molecular flexibility index (Phi) is 7.14. The number of hydrogen-bond acceptors (Lipinski definition) is 2. The van der Waals surface area contributed by atoms with Gasteiger partial charge in [-0.3, -0.25) is 4.90 Å². The maximum Gasteiger partial charge on any atom is 0.0192 e. The summed E-state index contributed by atoms with van der Waals surface area (Å²) in [5.74, 6) is 0.883. The standard InChI is InChI=1S/C15H32N2/c1-5-7-8-14(6-2)12-16-11-13(3)17(4)15-9-10-15/h13-16H,5-12H2,1-4H3. The number of likely N-dealkylation sites (N-methyl/N-ethyl adjacent to an activating group) is 1. The third-order valence-electron chi connectivity index (χ3n) is 4.23. The topological polar surface area (TPSA) is 15.3 Å². The normalized spacial score (nSPS) is 19.6. The number of nitrogens with zero attached hydrogens (tertiary/aromatic N) is 1. The van der Waals surface area contributed by atoms with Gasteiger partial charge in [-0.25, -0.2) is 0 Å². The van der Waals surface area contributed by atoms with E-state index >= 15 is 0 Å². The lowest BCUT2D eigenvalue weighted by Crippen LogP contribution is -2.40. The molecule has 2 unspecified atom stereocenters. The molecule has 2 nitrogen and oxygen atoms in total. The summed E-state index contributed by atoms with van der Waals surface area (Å²) in [5, 5.41) is 3.67. The summed E-state index contributed by atoms with van der Waals surface area (Å²) in [6.45, 7) is 9.31. The quantitative estimate of drug-likeness (QED) is 0.630. The number of hydrogen-bond donors (Lipinski definition) is 1. The molecular weight excluding hydrogens is 208 g/mol. The van der Waals surface area contributed by atoms with Crippen molar-refractivity contribution in [2.45, 2.75) is 71.4 Å². The molecule has 2 atom stereocenters. The van der Waals surface area contributed by atoms with Crippen LogP contribution in [0, 0.1) is 5.92 Å². The fourth-order valence-corrected chi connectivity index (χ4v) is 2.43. The minimum absolute atomic E-state index is 0.686. The van der Waals surface area contributed by atoms with Gasteiger partial charge in [0.05, 0.1) is 0 Å². The Morgan fingerprint density at radius 2 is 1.94 bits per heavy atom. The highest BCUT2D eigenvalue weighted by Gasteiger charge is 2.28. The summed E-state index contributed by atoms with van der Waals surface area (Å²) in [6, 6.07) is 1.57. The van der Waals surface area contributed by atoms with Crippen LogP contribution in [0.1, 0.15) is 59.3 Å². The zero-order valence-electron chi connectivity index (χ0n) is 12.3. The first-order valence-electron chi connectivity index (χ1n) is 7.61. The van der Waals surface area contributed by atoms with Crippen LogP contribution in [0.4, 0.5) is 0 Å². The molecule has 1 N–H and O–H groups in total. The van der Waals surface area contributed by atoms with Crippen molar-refractivity contribution in [3.05, 3.63) is 0 Å². The molecule has 0 bridgehead atoms. The van der Waals surface area contributed by atoms with Gasteiger partial charge in [0.25, 0.3) is 0 Å². The first-order valence-corrected chi connectivity index (χ1v) is 7.61. The van der Waals surface area contributed by atoms with E-state index < -0.39 is 0 Å². The molecule has 1 fully saturated rings. The lowest BCUT2D eigenvalue weighted by atomic mass is 9.99. The van der Waals surface area contributed by atoms with E-state index in [1.165, 1.54) is 45.1 Å². The number of unbranched alkanes of at least 4 members (excludes halogenated alkanes) is 1. The Morgan fingerprint density at radius 3 is 2.47 bits per heavy atom. The lowest BCUT2D eigenvalue weighted by molar-refractivity contribution is 0.237. The Bertz CT molecular complexity index is 189. The summed E-state index contributed by atoms with van der Waals surface area (Å²) in [4.78, 5) is 2.54. The molecule has 0 spiro atoms. The number of nitrogens with one attached hydrogen (secondary N) is 1. The van der Waals surface area contributed by atoms with Crippen molar-refractivity contribution in [1.82, 2.24) is 10.2 Å². The summed E-state index contributed by atoms with van der Waals surface area (Å²) in [7, 11) is 2.28. The SMILES string of the molecule is CCCCC(CC)CNCC(C)N(C)C1CC1. The van der Waals surface area contributed by atoms with Crippen molar-refractivity contribution in [1.29, 1.82) is 0 Å². The van der Waals surface area contributed by atoms with E-state index in [-0.39, 0.29) is 0 Å². The minimum Gasteiger partial charge on any atom is -0.315 e. The second-order valence-electron chi connectivity index (χ2n) is 5.82. The van der Waals surface area contributed by atoms with E-state index in [9.17, 15) is 0 Å². The lowest BCUT2D eigenvalue weighted by Gasteiger charge is -2.25. The molecule has 0 amide bonds. The molecule has 0 radical (unpaired) electrons. The third-order valence-corrected chi connectivity index (χ3v) is 4.23. The van der Waals surface area contributed by atoms with Crippen LogP contribution in [0.5, 0.6) is 0 Å². The highest BCUT2D eigenvalue weighted by molar-refractivity contribution is 4.85. The van der Waals surface area contributed by atoms with Crippen LogP contribution in [-0.4, -0.2) is 37.1 Å². The smallest absolute Gasteiger partial charge is 0.0192 e. The van der Waals surface area contributed by atoms with Gasteiger partial charge in [-0.2, -0.15) is 0 Å². The van der Waals surface area contributed by atoms with Crippen LogP contribution >= 0.6 is 0 Å². The van der Waals surface area contributed by atoms with Crippen molar-refractivity contribution >= 4 is 0 Å².